The zero-order valence-corrected chi connectivity index (χ0v) is 16.5. The summed E-state index contributed by atoms with van der Waals surface area (Å²) in [5.41, 5.74) is 1.84. The van der Waals surface area contributed by atoms with E-state index in [9.17, 15) is 9.59 Å². The van der Waals surface area contributed by atoms with Crippen molar-refractivity contribution in [3.05, 3.63) is 23.4 Å². The fraction of sp³-hybridized carbons (Fsp3) is 0.500. The molecule has 2 amide bonds. The summed E-state index contributed by atoms with van der Waals surface area (Å²) in [4.78, 5) is 27.6. The number of hydrogen-bond acceptors (Lipinski definition) is 4. The maximum atomic E-state index is 12.5. The van der Waals surface area contributed by atoms with E-state index >= 15 is 0 Å². The summed E-state index contributed by atoms with van der Waals surface area (Å²) >= 11 is 0. The summed E-state index contributed by atoms with van der Waals surface area (Å²) in [5.74, 6) is 0.910. The van der Waals surface area contributed by atoms with Gasteiger partial charge in [0.05, 0.1) is 18.7 Å². The second kappa shape index (κ2) is 7.13. The van der Waals surface area contributed by atoms with Crippen molar-refractivity contribution in [1.29, 1.82) is 0 Å². The Kier molecular flexibility index (Phi) is 5.04. The molecule has 1 atom stereocenters. The normalized spacial score (nSPS) is 16.0. The third kappa shape index (κ3) is 4.18. The molecule has 0 saturated carbocycles. The number of nitrogens with one attached hydrogen (secondary N) is 3. The highest BCUT2D eigenvalue weighted by Crippen LogP contribution is 2.41. The first-order chi connectivity index (χ1) is 12.7. The van der Waals surface area contributed by atoms with Crippen molar-refractivity contribution in [2.45, 2.75) is 52.7 Å². The van der Waals surface area contributed by atoms with Gasteiger partial charge in [-0.3, -0.25) is 9.59 Å². The number of fused-ring (bicyclic) bond motifs is 3. The highest BCUT2D eigenvalue weighted by molar-refractivity contribution is 6.03. The second-order valence-electron chi connectivity index (χ2n) is 7.88. The largest absolute Gasteiger partial charge is 0.493 e. The van der Waals surface area contributed by atoms with E-state index < -0.39 is 0 Å². The predicted octanol–water partition coefficient (Wildman–Crippen LogP) is 2.53. The van der Waals surface area contributed by atoms with Crippen molar-refractivity contribution in [3.63, 3.8) is 0 Å². The quantitative estimate of drug-likeness (QED) is 0.751. The number of aromatic nitrogens is 1. The summed E-state index contributed by atoms with van der Waals surface area (Å²) in [5, 5.41) is 6.26. The van der Waals surface area contributed by atoms with Crippen LogP contribution < -0.4 is 20.1 Å². The molecule has 3 rings (SSSR count). The monoisotopic (exact) mass is 373 g/mol. The van der Waals surface area contributed by atoms with Crippen molar-refractivity contribution >= 4 is 22.7 Å². The molecule has 0 spiro atoms. The molecule has 146 valence electrons. The molecule has 1 aliphatic rings. The second-order valence-corrected chi connectivity index (χ2v) is 7.88. The summed E-state index contributed by atoms with van der Waals surface area (Å²) in [6.07, 6.45) is 0.889. The van der Waals surface area contributed by atoms with E-state index in [0.29, 0.717) is 12.3 Å². The average molecular weight is 373 g/mol. The molecular formula is C20H27N3O4. The molecule has 3 N–H and O–H groups in total. The molecule has 1 aromatic heterocycles. The number of aromatic amines is 1. The first-order valence-corrected chi connectivity index (χ1v) is 9.25. The van der Waals surface area contributed by atoms with Crippen molar-refractivity contribution in [2.24, 2.45) is 0 Å². The van der Waals surface area contributed by atoms with Gasteiger partial charge in [-0.1, -0.05) is 0 Å². The van der Waals surface area contributed by atoms with Gasteiger partial charge in [-0.05, 0) is 46.8 Å². The van der Waals surface area contributed by atoms with E-state index in [0.717, 1.165) is 34.4 Å². The van der Waals surface area contributed by atoms with E-state index in [4.69, 9.17) is 9.47 Å². The lowest BCUT2D eigenvalue weighted by atomic mass is 10.1. The minimum atomic E-state index is -0.350. The molecule has 27 heavy (non-hydrogen) atoms. The van der Waals surface area contributed by atoms with Crippen LogP contribution in [-0.4, -0.2) is 41.6 Å². The first-order valence-electron chi connectivity index (χ1n) is 9.25. The van der Waals surface area contributed by atoms with Crippen LogP contribution in [0, 0.1) is 0 Å². The molecule has 0 fully saturated rings. The number of carbonyl (C=O) groups is 2. The Hall–Kier alpha value is -2.70. The number of rotatable bonds is 5. The highest BCUT2D eigenvalue weighted by atomic mass is 16.5. The molecule has 7 nitrogen and oxygen atoms in total. The molecule has 1 aromatic carbocycles. The number of hydrogen-bond donors (Lipinski definition) is 3. The standard InChI is InChI=1S/C20H27N3O4/c1-6-26-15-8-12-7-11(2)27-18(12)17-13(15)9-14(22-17)19(25)21-10-16(24)23-20(3,4)5/h8-9,11,22H,6-7,10H2,1-5H3,(H,21,25)(H,23,24)/t11-/m1/s1. The lowest BCUT2D eigenvalue weighted by Crippen LogP contribution is -2.45. The zero-order valence-electron chi connectivity index (χ0n) is 16.5. The topological polar surface area (TPSA) is 92.5 Å². The maximum absolute atomic E-state index is 12.5. The summed E-state index contributed by atoms with van der Waals surface area (Å²) in [6.45, 7) is 10.0. The van der Waals surface area contributed by atoms with Crippen LogP contribution in [0.3, 0.4) is 0 Å². The first kappa shape index (κ1) is 19.1. The van der Waals surface area contributed by atoms with Gasteiger partial charge >= 0.3 is 0 Å². The molecule has 0 aliphatic carbocycles. The molecular weight excluding hydrogens is 346 g/mol. The number of ether oxygens (including phenoxy) is 2. The van der Waals surface area contributed by atoms with Crippen LogP contribution >= 0.6 is 0 Å². The van der Waals surface area contributed by atoms with Crippen molar-refractivity contribution in [3.8, 4) is 11.5 Å². The van der Waals surface area contributed by atoms with Crippen LogP contribution in [0.25, 0.3) is 10.9 Å². The Labute approximate surface area is 158 Å². The van der Waals surface area contributed by atoms with Crippen LogP contribution in [-0.2, 0) is 11.2 Å². The minimum Gasteiger partial charge on any atom is -0.493 e. The third-order valence-electron chi connectivity index (χ3n) is 4.20. The van der Waals surface area contributed by atoms with Crippen molar-refractivity contribution in [2.75, 3.05) is 13.2 Å². The van der Waals surface area contributed by atoms with Gasteiger partial charge < -0.3 is 25.1 Å². The molecule has 1 aliphatic heterocycles. The van der Waals surface area contributed by atoms with E-state index in [-0.39, 0.29) is 30.0 Å². The average Bonchev–Trinajstić information content (AvgIpc) is 3.14. The molecule has 0 saturated heterocycles. The van der Waals surface area contributed by atoms with Crippen LogP contribution in [0.2, 0.25) is 0 Å². The maximum Gasteiger partial charge on any atom is 0.268 e. The lowest BCUT2D eigenvalue weighted by molar-refractivity contribution is -0.121. The number of benzene rings is 1. The van der Waals surface area contributed by atoms with Crippen LogP contribution in [0.15, 0.2) is 12.1 Å². The predicted molar refractivity (Wildman–Crippen MR) is 103 cm³/mol. The van der Waals surface area contributed by atoms with Crippen LogP contribution in [0.4, 0.5) is 0 Å². The van der Waals surface area contributed by atoms with E-state index in [1.54, 1.807) is 6.07 Å². The zero-order chi connectivity index (χ0) is 19.8. The smallest absolute Gasteiger partial charge is 0.268 e. The van der Waals surface area contributed by atoms with Gasteiger partial charge in [-0.2, -0.15) is 0 Å². The van der Waals surface area contributed by atoms with E-state index in [1.807, 2.05) is 40.7 Å². The fourth-order valence-corrected chi connectivity index (χ4v) is 3.24. The SMILES string of the molecule is CCOc1cc2c(c3[nH]c(C(=O)NCC(=O)NC(C)(C)C)cc13)O[C@H](C)C2. The van der Waals surface area contributed by atoms with Gasteiger partial charge in [0.2, 0.25) is 5.91 Å². The summed E-state index contributed by atoms with van der Waals surface area (Å²) < 4.78 is 11.7. The van der Waals surface area contributed by atoms with E-state index in [2.05, 4.69) is 15.6 Å². The molecule has 7 heteroatoms. The van der Waals surface area contributed by atoms with Gasteiger partial charge in [0.25, 0.3) is 5.91 Å². The molecule has 0 bridgehead atoms. The van der Waals surface area contributed by atoms with Gasteiger partial charge in [-0.25, -0.2) is 0 Å². The molecule has 2 heterocycles. The van der Waals surface area contributed by atoms with Crippen molar-refractivity contribution < 1.29 is 19.1 Å². The van der Waals surface area contributed by atoms with Crippen molar-refractivity contribution in [1.82, 2.24) is 15.6 Å². The number of amides is 2. The highest BCUT2D eigenvalue weighted by Gasteiger charge is 2.26. The van der Waals surface area contributed by atoms with Gasteiger partial charge in [0, 0.05) is 22.9 Å². The molecule has 2 aromatic rings. The Morgan fingerprint density at radius 3 is 2.74 bits per heavy atom. The Morgan fingerprint density at radius 2 is 2.07 bits per heavy atom. The van der Waals surface area contributed by atoms with Crippen LogP contribution in [0.5, 0.6) is 11.5 Å². The van der Waals surface area contributed by atoms with Gasteiger partial charge in [-0.15, -0.1) is 0 Å². The third-order valence-corrected chi connectivity index (χ3v) is 4.20. The van der Waals surface area contributed by atoms with Gasteiger partial charge in [0.1, 0.15) is 23.3 Å². The Morgan fingerprint density at radius 1 is 1.33 bits per heavy atom. The molecule has 0 radical (unpaired) electrons. The summed E-state index contributed by atoms with van der Waals surface area (Å²) in [6, 6.07) is 3.72. The van der Waals surface area contributed by atoms with Gasteiger partial charge in [0.15, 0.2) is 0 Å². The lowest BCUT2D eigenvalue weighted by Gasteiger charge is -2.20. The Bertz CT molecular complexity index is 879. The number of H-pyrrole nitrogens is 1. The summed E-state index contributed by atoms with van der Waals surface area (Å²) in [7, 11) is 0. The number of carbonyl (C=O) groups excluding carboxylic acids is 2. The Balaban J connectivity index is 1.83. The minimum absolute atomic E-state index is 0.0850. The fourth-order valence-electron chi connectivity index (χ4n) is 3.24. The molecule has 0 unspecified atom stereocenters. The van der Waals surface area contributed by atoms with E-state index in [1.165, 1.54) is 0 Å². The van der Waals surface area contributed by atoms with Crippen LogP contribution in [0.1, 0.15) is 50.7 Å².